The van der Waals surface area contributed by atoms with Gasteiger partial charge in [0.25, 0.3) is 11.6 Å². The fourth-order valence-corrected chi connectivity index (χ4v) is 4.67. The van der Waals surface area contributed by atoms with Crippen LogP contribution >= 0.6 is 11.6 Å². The Morgan fingerprint density at radius 2 is 1.77 bits per heavy atom. The molecule has 0 bridgehead atoms. The minimum atomic E-state index is -0.500. The number of amides is 1. The molecule has 0 aliphatic carbocycles. The summed E-state index contributed by atoms with van der Waals surface area (Å²) in [6.45, 7) is 0. The van der Waals surface area contributed by atoms with Gasteiger partial charge in [-0.05, 0) is 47.9 Å². The number of carbonyl (C=O) groups is 1. The monoisotopic (exact) mass is 489 g/mol. The Kier molecular flexibility index (Phi) is 5.92. The van der Waals surface area contributed by atoms with Crippen molar-refractivity contribution in [1.29, 1.82) is 0 Å². The quantitative estimate of drug-likeness (QED) is 0.281. The third kappa shape index (κ3) is 4.10. The molecule has 0 radical (unpaired) electrons. The van der Waals surface area contributed by atoms with E-state index in [2.05, 4.69) is 10.1 Å². The molecule has 0 fully saturated rings. The van der Waals surface area contributed by atoms with E-state index < -0.39 is 11.0 Å². The number of nitro benzene ring substituents is 1. The standard InChI is InChI=1S/C25H20ClN5O4/c1-35-19-12-8-16(9-13-19)22-14-23(20-4-2-3-5-21(20)26)30-25(27-15-28-30)29(22)24(32)17-6-10-18(11-7-17)31(33)34/h2-13,15,22-23H,14H2,1H3/t22-,23-/m0/s1. The molecule has 9 nitrogen and oxygen atoms in total. The average molecular weight is 490 g/mol. The molecule has 1 aromatic heterocycles. The van der Waals surface area contributed by atoms with Gasteiger partial charge in [-0.25, -0.2) is 4.68 Å². The maximum Gasteiger partial charge on any atom is 0.269 e. The van der Waals surface area contributed by atoms with E-state index in [1.807, 2.05) is 48.5 Å². The van der Waals surface area contributed by atoms with Crippen LogP contribution in [0.3, 0.4) is 0 Å². The van der Waals surface area contributed by atoms with E-state index >= 15 is 0 Å². The molecule has 3 aromatic carbocycles. The first kappa shape index (κ1) is 22.5. The molecule has 0 unspecified atom stereocenters. The van der Waals surface area contributed by atoms with Gasteiger partial charge in [-0.2, -0.15) is 10.1 Å². The number of ether oxygens (including phenoxy) is 1. The molecule has 35 heavy (non-hydrogen) atoms. The van der Waals surface area contributed by atoms with Gasteiger partial charge in [-0.15, -0.1) is 0 Å². The molecule has 0 saturated heterocycles. The van der Waals surface area contributed by atoms with Crippen LogP contribution in [0, 0.1) is 10.1 Å². The highest BCUT2D eigenvalue weighted by Gasteiger charge is 2.40. The number of aromatic nitrogens is 3. The van der Waals surface area contributed by atoms with Gasteiger partial charge >= 0.3 is 0 Å². The molecule has 176 valence electrons. The van der Waals surface area contributed by atoms with Gasteiger partial charge in [0.2, 0.25) is 5.95 Å². The molecule has 10 heteroatoms. The van der Waals surface area contributed by atoms with Crippen LogP contribution in [0.4, 0.5) is 11.6 Å². The number of fused-ring (bicyclic) bond motifs is 1. The number of benzene rings is 3. The van der Waals surface area contributed by atoms with Crippen LogP contribution in [0.5, 0.6) is 5.75 Å². The number of anilines is 1. The van der Waals surface area contributed by atoms with Gasteiger partial charge in [0.15, 0.2) is 0 Å². The lowest BCUT2D eigenvalue weighted by Gasteiger charge is -2.39. The van der Waals surface area contributed by atoms with Gasteiger partial charge in [-0.1, -0.05) is 41.9 Å². The number of nitrogens with zero attached hydrogens (tertiary/aromatic N) is 5. The highest BCUT2D eigenvalue weighted by Crippen LogP contribution is 2.44. The molecule has 1 aliphatic heterocycles. The lowest BCUT2D eigenvalue weighted by Crippen LogP contribution is -2.42. The average Bonchev–Trinajstić information content (AvgIpc) is 3.38. The number of hydrogen-bond acceptors (Lipinski definition) is 6. The Bertz CT molecular complexity index is 1390. The molecule has 0 N–H and O–H groups in total. The second kappa shape index (κ2) is 9.19. The highest BCUT2D eigenvalue weighted by molar-refractivity contribution is 6.31. The number of hydrogen-bond donors (Lipinski definition) is 0. The minimum Gasteiger partial charge on any atom is -0.497 e. The van der Waals surface area contributed by atoms with Gasteiger partial charge in [0.05, 0.1) is 24.1 Å². The summed E-state index contributed by atoms with van der Waals surface area (Å²) < 4.78 is 7.00. The fraction of sp³-hybridized carbons (Fsp3) is 0.160. The third-order valence-corrected chi connectivity index (χ3v) is 6.48. The number of carbonyl (C=O) groups excluding carboxylic acids is 1. The Labute approximate surface area is 205 Å². The number of rotatable bonds is 5. The predicted molar refractivity (Wildman–Crippen MR) is 130 cm³/mol. The third-order valence-electron chi connectivity index (χ3n) is 6.13. The van der Waals surface area contributed by atoms with Crippen molar-refractivity contribution in [1.82, 2.24) is 14.8 Å². The number of methoxy groups -OCH3 is 1. The number of nitro groups is 1. The van der Waals surface area contributed by atoms with Crippen molar-refractivity contribution in [3.63, 3.8) is 0 Å². The SMILES string of the molecule is COc1ccc([C@@H]2C[C@@H](c3ccccc3Cl)n3ncnc3N2C(=O)c2ccc([N+](=O)[O-])cc2)cc1. The fourth-order valence-electron chi connectivity index (χ4n) is 4.40. The highest BCUT2D eigenvalue weighted by atomic mass is 35.5. The van der Waals surface area contributed by atoms with Crippen molar-refractivity contribution in [3.8, 4) is 5.75 Å². The molecular weight excluding hydrogens is 470 g/mol. The maximum atomic E-state index is 13.8. The van der Waals surface area contributed by atoms with Crippen molar-refractivity contribution in [2.75, 3.05) is 12.0 Å². The van der Waals surface area contributed by atoms with E-state index in [1.54, 1.807) is 16.7 Å². The lowest BCUT2D eigenvalue weighted by atomic mass is 9.91. The Morgan fingerprint density at radius 1 is 1.06 bits per heavy atom. The Morgan fingerprint density at radius 3 is 2.43 bits per heavy atom. The molecule has 0 spiro atoms. The van der Waals surface area contributed by atoms with Crippen molar-refractivity contribution >= 4 is 29.1 Å². The molecule has 2 heterocycles. The van der Waals surface area contributed by atoms with Crippen molar-refractivity contribution in [3.05, 3.63) is 111 Å². The zero-order valence-corrected chi connectivity index (χ0v) is 19.4. The lowest BCUT2D eigenvalue weighted by molar-refractivity contribution is -0.384. The molecule has 5 rings (SSSR count). The van der Waals surface area contributed by atoms with E-state index in [4.69, 9.17) is 16.3 Å². The minimum absolute atomic E-state index is 0.0890. The zero-order chi connectivity index (χ0) is 24.5. The largest absolute Gasteiger partial charge is 0.497 e. The van der Waals surface area contributed by atoms with Crippen LogP contribution in [0.2, 0.25) is 5.02 Å². The number of halogens is 1. The van der Waals surface area contributed by atoms with Crippen LogP contribution in [-0.4, -0.2) is 32.7 Å². The first-order valence-electron chi connectivity index (χ1n) is 10.8. The van der Waals surface area contributed by atoms with Gasteiger partial charge in [0, 0.05) is 22.7 Å². The summed E-state index contributed by atoms with van der Waals surface area (Å²) in [7, 11) is 1.59. The van der Waals surface area contributed by atoms with Crippen LogP contribution in [0.15, 0.2) is 79.1 Å². The van der Waals surface area contributed by atoms with E-state index in [1.165, 1.54) is 30.6 Å². The van der Waals surface area contributed by atoms with Crippen LogP contribution in [0.1, 0.15) is 40.0 Å². The van der Waals surface area contributed by atoms with Crippen molar-refractivity contribution < 1.29 is 14.5 Å². The molecule has 1 amide bonds. The first-order chi connectivity index (χ1) is 17.0. The van der Waals surface area contributed by atoms with Crippen molar-refractivity contribution in [2.45, 2.75) is 18.5 Å². The smallest absolute Gasteiger partial charge is 0.269 e. The summed E-state index contributed by atoms with van der Waals surface area (Å²) in [5.74, 6) is 0.724. The summed E-state index contributed by atoms with van der Waals surface area (Å²) in [4.78, 5) is 30.4. The van der Waals surface area contributed by atoms with E-state index in [9.17, 15) is 14.9 Å². The molecule has 4 aromatic rings. The zero-order valence-electron chi connectivity index (χ0n) is 18.6. The topological polar surface area (TPSA) is 103 Å². The van der Waals surface area contributed by atoms with E-state index in [0.29, 0.717) is 28.7 Å². The molecule has 1 aliphatic rings. The molecular formula is C25H20ClN5O4. The second-order valence-corrected chi connectivity index (χ2v) is 8.45. The molecule has 2 atom stereocenters. The van der Waals surface area contributed by atoms with Crippen LogP contribution in [-0.2, 0) is 0 Å². The summed E-state index contributed by atoms with van der Waals surface area (Å²) in [6, 6.07) is 19.9. The second-order valence-electron chi connectivity index (χ2n) is 8.05. The van der Waals surface area contributed by atoms with E-state index in [0.717, 1.165) is 11.1 Å². The summed E-state index contributed by atoms with van der Waals surface area (Å²) >= 11 is 6.55. The number of non-ortho nitro benzene ring substituents is 1. The van der Waals surface area contributed by atoms with Gasteiger partial charge in [0.1, 0.15) is 12.1 Å². The Balaban J connectivity index is 1.63. The van der Waals surface area contributed by atoms with Gasteiger partial charge < -0.3 is 4.74 Å². The summed E-state index contributed by atoms with van der Waals surface area (Å²) in [5, 5.41) is 16.1. The van der Waals surface area contributed by atoms with E-state index in [-0.39, 0.29) is 17.6 Å². The van der Waals surface area contributed by atoms with Crippen LogP contribution in [0.25, 0.3) is 0 Å². The first-order valence-corrected chi connectivity index (χ1v) is 11.2. The molecule has 0 saturated carbocycles. The maximum absolute atomic E-state index is 13.8. The predicted octanol–water partition coefficient (Wildman–Crippen LogP) is 5.23. The van der Waals surface area contributed by atoms with Crippen molar-refractivity contribution in [2.24, 2.45) is 0 Å². The summed E-state index contributed by atoms with van der Waals surface area (Å²) in [5.41, 5.74) is 1.97. The normalized spacial score (nSPS) is 17.0. The van der Waals surface area contributed by atoms with Gasteiger partial charge in [-0.3, -0.25) is 19.8 Å². The van der Waals surface area contributed by atoms with Crippen LogP contribution < -0.4 is 9.64 Å². The summed E-state index contributed by atoms with van der Waals surface area (Å²) in [6.07, 6.45) is 1.90. The Hall–Kier alpha value is -4.24.